The summed E-state index contributed by atoms with van der Waals surface area (Å²) in [5.74, 6) is 0. The molecule has 0 bridgehead atoms. The second-order valence-corrected chi connectivity index (χ2v) is 4.66. The Labute approximate surface area is 105 Å². The van der Waals surface area contributed by atoms with Crippen molar-refractivity contribution < 1.29 is 9.90 Å². The molecule has 0 aliphatic heterocycles. The third kappa shape index (κ3) is 3.83. The quantitative estimate of drug-likeness (QED) is 0.851. The van der Waals surface area contributed by atoms with Crippen LogP contribution in [0.1, 0.15) is 6.42 Å². The van der Waals surface area contributed by atoms with Gasteiger partial charge in [0.1, 0.15) is 0 Å². The summed E-state index contributed by atoms with van der Waals surface area (Å²) in [6.45, 7) is 0.502. The first-order valence-corrected chi connectivity index (χ1v) is 6.38. The smallest absolute Gasteiger partial charge is 0.411 e. The van der Waals surface area contributed by atoms with E-state index in [0.29, 0.717) is 12.2 Å². The Bertz CT molecular complexity index is 327. The van der Waals surface area contributed by atoms with E-state index in [1.165, 1.54) is 4.90 Å². The van der Waals surface area contributed by atoms with Crippen molar-refractivity contribution in [1.82, 2.24) is 0 Å². The Morgan fingerprint density at radius 2 is 1.93 bits per heavy atom. The van der Waals surface area contributed by atoms with E-state index < -0.39 is 6.09 Å². The molecule has 15 heavy (non-hydrogen) atoms. The Morgan fingerprint density at radius 3 is 2.40 bits per heavy atom. The number of carboxylic acid groups (broad SMARTS) is 1. The molecule has 0 radical (unpaired) electrons. The first-order valence-electron chi connectivity index (χ1n) is 4.47. The first-order chi connectivity index (χ1) is 7.15. The normalized spacial score (nSPS) is 10.0. The highest BCUT2D eigenvalue weighted by Gasteiger charge is 2.12. The molecule has 0 aromatic heterocycles. The van der Waals surface area contributed by atoms with Crippen molar-refractivity contribution in [3.05, 3.63) is 28.7 Å². The molecule has 0 unspecified atom stereocenters. The van der Waals surface area contributed by atoms with Gasteiger partial charge in [-0.3, -0.25) is 4.90 Å². The van der Waals surface area contributed by atoms with Crippen LogP contribution < -0.4 is 4.90 Å². The molecule has 0 fully saturated rings. The molecule has 1 rings (SSSR count). The van der Waals surface area contributed by atoms with Crippen LogP contribution in [0.2, 0.25) is 0 Å². The van der Waals surface area contributed by atoms with Gasteiger partial charge in [0.2, 0.25) is 0 Å². The zero-order valence-corrected chi connectivity index (χ0v) is 11.2. The summed E-state index contributed by atoms with van der Waals surface area (Å²) in [4.78, 5) is 12.3. The summed E-state index contributed by atoms with van der Waals surface area (Å²) in [6.07, 6.45) is -0.124. The van der Waals surface area contributed by atoms with Gasteiger partial charge in [0.15, 0.2) is 0 Å². The standard InChI is InChI=1S/C10H11Br2NO2/c11-6-1-7-13(10(14)15)9-4-2-8(12)3-5-9/h2-5H,1,6-7H2,(H,14,15). The number of amides is 1. The van der Waals surface area contributed by atoms with Gasteiger partial charge in [-0.05, 0) is 30.7 Å². The number of carbonyl (C=O) groups is 1. The number of hydrogen-bond acceptors (Lipinski definition) is 1. The maximum atomic E-state index is 11.0. The van der Waals surface area contributed by atoms with Crippen molar-refractivity contribution in [2.45, 2.75) is 6.42 Å². The topological polar surface area (TPSA) is 40.5 Å². The Balaban J connectivity index is 2.79. The lowest BCUT2D eigenvalue weighted by atomic mass is 10.3. The Morgan fingerprint density at radius 1 is 1.33 bits per heavy atom. The molecule has 0 aliphatic rings. The SMILES string of the molecule is O=C(O)N(CCCBr)c1ccc(Br)cc1. The van der Waals surface area contributed by atoms with E-state index in [0.717, 1.165) is 16.2 Å². The highest BCUT2D eigenvalue weighted by molar-refractivity contribution is 9.10. The lowest BCUT2D eigenvalue weighted by molar-refractivity contribution is 0.202. The van der Waals surface area contributed by atoms with Gasteiger partial charge in [0, 0.05) is 22.0 Å². The number of rotatable bonds is 4. The molecule has 1 aromatic rings. The number of nitrogens with zero attached hydrogens (tertiary/aromatic N) is 1. The van der Waals surface area contributed by atoms with Gasteiger partial charge in [-0.2, -0.15) is 0 Å². The van der Waals surface area contributed by atoms with Crippen LogP contribution in [-0.2, 0) is 0 Å². The lowest BCUT2D eigenvalue weighted by Crippen LogP contribution is -2.30. The Kier molecular flexibility index (Phi) is 5.11. The molecule has 0 atom stereocenters. The molecule has 0 spiro atoms. The predicted molar refractivity (Wildman–Crippen MR) is 67.9 cm³/mol. The number of hydrogen-bond donors (Lipinski definition) is 1. The molecular formula is C10H11Br2NO2. The largest absolute Gasteiger partial charge is 0.465 e. The highest BCUT2D eigenvalue weighted by atomic mass is 79.9. The maximum Gasteiger partial charge on any atom is 0.411 e. The van der Waals surface area contributed by atoms with Gasteiger partial charge in [0.05, 0.1) is 0 Å². The Hall–Kier alpha value is -0.550. The van der Waals surface area contributed by atoms with Gasteiger partial charge < -0.3 is 5.11 Å². The molecule has 1 aromatic carbocycles. The monoisotopic (exact) mass is 335 g/mol. The van der Waals surface area contributed by atoms with Gasteiger partial charge in [-0.1, -0.05) is 31.9 Å². The fraction of sp³-hybridized carbons (Fsp3) is 0.300. The number of halogens is 2. The van der Waals surface area contributed by atoms with Crippen LogP contribution in [-0.4, -0.2) is 23.1 Å². The number of alkyl halides is 1. The van der Waals surface area contributed by atoms with E-state index >= 15 is 0 Å². The zero-order chi connectivity index (χ0) is 11.3. The molecule has 3 nitrogen and oxygen atoms in total. The summed E-state index contributed by atoms with van der Waals surface area (Å²) in [5.41, 5.74) is 0.701. The molecule has 1 N–H and O–H groups in total. The molecular weight excluding hydrogens is 326 g/mol. The minimum absolute atomic E-state index is 0.502. The molecule has 5 heteroatoms. The zero-order valence-electron chi connectivity index (χ0n) is 7.99. The third-order valence-electron chi connectivity index (χ3n) is 1.88. The van der Waals surface area contributed by atoms with E-state index in [4.69, 9.17) is 5.11 Å². The van der Waals surface area contributed by atoms with Crippen LogP contribution in [0.5, 0.6) is 0 Å². The van der Waals surface area contributed by atoms with Crippen molar-refractivity contribution >= 4 is 43.6 Å². The van der Waals surface area contributed by atoms with Crippen molar-refractivity contribution in [2.24, 2.45) is 0 Å². The van der Waals surface area contributed by atoms with Crippen LogP contribution >= 0.6 is 31.9 Å². The van der Waals surface area contributed by atoms with Crippen LogP contribution in [0.4, 0.5) is 10.5 Å². The summed E-state index contributed by atoms with van der Waals surface area (Å²) < 4.78 is 0.942. The van der Waals surface area contributed by atoms with Gasteiger partial charge >= 0.3 is 6.09 Å². The molecule has 1 amide bonds. The van der Waals surface area contributed by atoms with Crippen molar-refractivity contribution in [2.75, 3.05) is 16.8 Å². The van der Waals surface area contributed by atoms with Gasteiger partial charge in [0.25, 0.3) is 0 Å². The average molecular weight is 337 g/mol. The lowest BCUT2D eigenvalue weighted by Gasteiger charge is -2.18. The van der Waals surface area contributed by atoms with E-state index in [-0.39, 0.29) is 0 Å². The van der Waals surface area contributed by atoms with Crippen molar-refractivity contribution in [3.8, 4) is 0 Å². The van der Waals surface area contributed by atoms with Crippen molar-refractivity contribution in [3.63, 3.8) is 0 Å². The number of anilines is 1. The van der Waals surface area contributed by atoms with Crippen LogP contribution in [0.3, 0.4) is 0 Å². The molecule has 82 valence electrons. The van der Waals surface area contributed by atoms with Gasteiger partial charge in [-0.25, -0.2) is 4.79 Å². The number of benzene rings is 1. The predicted octanol–water partition coefficient (Wildman–Crippen LogP) is 3.72. The second kappa shape index (κ2) is 6.12. The third-order valence-corrected chi connectivity index (χ3v) is 2.97. The van der Waals surface area contributed by atoms with Gasteiger partial charge in [-0.15, -0.1) is 0 Å². The summed E-state index contributed by atoms with van der Waals surface area (Å²) in [5, 5.41) is 9.82. The van der Waals surface area contributed by atoms with E-state index in [9.17, 15) is 4.79 Å². The van der Waals surface area contributed by atoms with E-state index in [1.807, 2.05) is 12.1 Å². The summed E-state index contributed by atoms with van der Waals surface area (Å²) in [7, 11) is 0. The van der Waals surface area contributed by atoms with E-state index in [1.54, 1.807) is 12.1 Å². The van der Waals surface area contributed by atoms with Crippen LogP contribution in [0.15, 0.2) is 28.7 Å². The first kappa shape index (κ1) is 12.5. The second-order valence-electron chi connectivity index (χ2n) is 2.95. The molecule has 0 saturated heterocycles. The average Bonchev–Trinajstić information content (AvgIpc) is 2.21. The maximum absolute atomic E-state index is 11.0. The molecule has 0 saturated carbocycles. The highest BCUT2D eigenvalue weighted by Crippen LogP contribution is 2.18. The summed E-state index contributed by atoms with van der Waals surface area (Å²) >= 11 is 6.59. The van der Waals surface area contributed by atoms with E-state index in [2.05, 4.69) is 31.9 Å². The minimum Gasteiger partial charge on any atom is -0.465 e. The van der Waals surface area contributed by atoms with Crippen LogP contribution in [0.25, 0.3) is 0 Å². The van der Waals surface area contributed by atoms with Crippen LogP contribution in [0, 0.1) is 0 Å². The fourth-order valence-electron chi connectivity index (χ4n) is 1.17. The summed E-state index contributed by atoms with van der Waals surface area (Å²) in [6, 6.07) is 7.23. The minimum atomic E-state index is -0.918. The molecule has 0 heterocycles. The molecule has 0 aliphatic carbocycles. The fourth-order valence-corrected chi connectivity index (χ4v) is 1.69. The van der Waals surface area contributed by atoms with Crippen molar-refractivity contribution in [1.29, 1.82) is 0 Å².